The highest BCUT2D eigenvalue weighted by molar-refractivity contribution is 5.85. The van der Waals surface area contributed by atoms with Crippen LogP contribution in [0.1, 0.15) is 31.4 Å². The summed E-state index contributed by atoms with van der Waals surface area (Å²) in [5.41, 5.74) is 0.915. The number of methoxy groups -OCH3 is 2. The van der Waals surface area contributed by atoms with E-state index in [0.29, 0.717) is 0 Å². The van der Waals surface area contributed by atoms with Crippen LogP contribution >= 0.6 is 12.4 Å². The molecule has 21 heavy (non-hydrogen) atoms. The Morgan fingerprint density at radius 3 is 2.71 bits per heavy atom. The molecule has 2 rings (SSSR count). The highest BCUT2D eigenvalue weighted by atomic mass is 35.5. The standard InChI is InChI=1S/C15H22N2O3.ClH/c1-10(17-15(18)13-5-4-8-16-13)12-9-11(19-2)6-7-14(12)20-3;/h6-7,9-10,13,16H,4-5,8H2,1-3H3,(H,17,18);1H/t10?,13-;/m0./s1. The van der Waals surface area contributed by atoms with Crippen molar-refractivity contribution in [3.05, 3.63) is 23.8 Å². The van der Waals surface area contributed by atoms with Gasteiger partial charge in [-0.3, -0.25) is 4.79 Å². The Morgan fingerprint density at radius 1 is 1.38 bits per heavy atom. The lowest BCUT2D eigenvalue weighted by Crippen LogP contribution is -2.41. The number of carbonyl (C=O) groups is 1. The summed E-state index contributed by atoms with van der Waals surface area (Å²) in [4.78, 5) is 12.1. The first-order chi connectivity index (χ1) is 9.65. The van der Waals surface area contributed by atoms with Crippen LogP contribution in [0.15, 0.2) is 18.2 Å². The summed E-state index contributed by atoms with van der Waals surface area (Å²) < 4.78 is 10.6. The third-order valence-corrected chi connectivity index (χ3v) is 3.64. The van der Waals surface area contributed by atoms with E-state index in [1.807, 2.05) is 25.1 Å². The lowest BCUT2D eigenvalue weighted by atomic mass is 10.1. The van der Waals surface area contributed by atoms with Crippen LogP contribution in [-0.2, 0) is 4.79 Å². The van der Waals surface area contributed by atoms with Crippen LogP contribution in [-0.4, -0.2) is 32.7 Å². The minimum atomic E-state index is -0.130. The highest BCUT2D eigenvalue weighted by Crippen LogP contribution is 2.29. The highest BCUT2D eigenvalue weighted by Gasteiger charge is 2.24. The molecule has 0 bridgehead atoms. The van der Waals surface area contributed by atoms with Gasteiger partial charge in [0.1, 0.15) is 11.5 Å². The molecule has 1 aliphatic heterocycles. The third kappa shape index (κ3) is 4.25. The maximum absolute atomic E-state index is 12.1. The van der Waals surface area contributed by atoms with Crippen LogP contribution in [0.5, 0.6) is 11.5 Å². The zero-order chi connectivity index (χ0) is 14.5. The van der Waals surface area contributed by atoms with Crippen molar-refractivity contribution in [3.8, 4) is 11.5 Å². The van der Waals surface area contributed by atoms with Crippen molar-refractivity contribution < 1.29 is 14.3 Å². The molecule has 1 aromatic rings. The van der Waals surface area contributed by atoms with E-state index in [1.54, 1.807) is 14.2 Å². The average Bonchev–Trinajstić information content (AvgIpc) is 3.00. The van der Waals surface area contributed by atoms with Gasteiger partial charge < -0.3 is 20.1 Å². The molecule has 1 aliphatic rings. The van der Waals surface area contributed by atoms with Gasteiger partial charge in [-0.25, -0.2) is 0 Å². The summed E-state index contributed by atoms with van der Waals surface area (Å²) in [5.74, 6) is 1.54. The third-order valence-electron chi connectivity index (χ3n) is 3.64. The number of halogens is 1. The number of hydrogen-bond donors (Lipinski definition) is 2. The van der Waals surface area contributed by atoms with E-state index in [0.717, 1.165) is 36.4 Å². The van der Waals surface area contributed by atoms with E-state index in [2.05, 4.69) is 10.6 Å². The molecule has 2 atom stereocenters. The zero-order valence-electron chi connectivity index (χ0n) is 12.6. The summed E-state index contributed by atoms with van der Waals surface area (Å²) in [6.07, 6.45) is 1.95. The Kier molecular flexibility index (Phi) is 6.78. The second-order valence-corrected chi connectivity index (χ2v) is 4.99. The van der Waals surface area contributed by atoms with Crippen molar-refractivity contribution in [2.24, 2.45) is 0 Å². The Bertz CT molecular complexity index is 476. The molecule has 0 saturated carbocycles. The molecule has 1 heterocycles. The van der Waals surface area contributed by atoms with Crippen molar-refractivity contribution >= 4 is 18.3 Å². The minimum absolute atomic E-state index is 0. The van der Waals surface area contributed by atoms with Gasteiger partial charge in [0.25, 0.3) is 0 Å². The molecule has 0 aliphatic carbocycles. The Hall–Kier alpha value is -1.46. The Morgan fingerprint density at radius 2 is 2.14 bits per heavy atom. The number of nitrogens with one attached hydrogen (secondary N) is 2. The van der Waals surface area contributed by atoms with Gasteiger partial charge in [0.05, 0.1) is 26.3 Å². The number of benzene rings is 1. The first-order valence-corrected chi connectivity index (χ1v) is 6.91. The normalized spacial score (nSPS) is 18.5. The van der Waals surface area contributed by atoms with Crippen LogP contribution in [0.3, 0.4) is 0 Å². The molecule has 6 heteroatoms. The van der Waals surface area contributed by atoms with Gasteiger partial charge in [-0.15, -0.1) is 12.4 Å². The zero-order valence-corrected chi connectivity index (χ0v) is 13.5. The Labute approximate surface area is 131 Å². The maximum atomic E-state index is 12.1. The van der Waals surface area contributed by atoms with Crippen molar-refractivity contribution in [2.45, 2.75) is 31.8 Å². The summed E-state index contributed by atoms with van der Waals surface area (Å²) in [6, 6.07) is 5.38. The molecule has 1 unspecified atom stereocenters. The largest absolute Gasteiger partial charge is 0.497 e. The van der Waals surface area contributed by atoms with E-state index in [4.69, 9.17) is 9.47 Å². The molecular weight excluding hydrogens is 292 g/mol. The lowest BCUT2D eigenvalue weighted by molar-refractivity contribution is -0.123. The van der Waals surface area contributed by atoms with E-state index in [1.165, 1.54) is 0 Å². The molecule has 118 valence electrons. The number of carbonyl (C=O) groups excluding carboxylic acids is 1. The molecule has 1 aromatic carbocycles. The van der Waals surface area contributed by atoms with Gasteiger partial charge in [-0.2, -0.15) is 0 Å². The first kappa shape index (κ1) is 17.6. The summed E-state index contributed by atoms with van der Waals surface area (Å²) >= 11 is 0. The van der Waals surface area contributed by atoms with Gasteiger partial charge in [0, 0.05) is 5.56 Å². The molecule has 0 radical (unpaired) electrons. The number of hydrogen-bond acceptors (Lipinski definition) is 4. The lowest BCUT2D eigenvalue weighted by Gasteiger charge is -2.20. The van der Waals surface area contributed by atoms with E-state index < -0.39 is 0 Å². The fraction of sp³-hybridized carbons (Fsp3) is 0.533. The quantitative estimate of drug-likeness (QED) is 0.873. The predicted molar refractivity (Wildman–Crippen MR) is 84.4 cm³/mol. The summed E-state index contributed by atoms with van der Waals surface area (Å²) in [5, 5.41) is 6.22. The summed E-state index contributed by atoms with van der Waals surface area (Å²) in [7, 11) is 3.25. The molecule has 5 nitrogen and oxygen atoms in total. The number of ether oxygens (including phenoxy) is 2. The second kappa shape index (κ2) is 8.10. The van der Waals surface area contributed by atoms with Crippen LogP contribution < -0.4 is 20.1 Å². The SMILES string of the molecule is COc1ccc(OC)c(C(C)NC(=O)[C@@H]2CCCN2)c1.Cl. The van der Waals surface area contributed by atoms with E-state index in [-0.39, 0.29) is 30.4 Å². The van der Waals surface area contributed by atoms with Crippen LogP contribution in [0, 0.1) is 0 Å². The fourth-order valence-corrected chi connectivity index (χ4v) is 2.48. The van der Waals surface area contributed by atoms with Crippen LogP contribution in [0.2, 0.25) is 0 Å². The van der Waals surface area contributed by atoms with Gasteiger partial charge in [0.2, 0.25) is 5.91 Å². The average molecular weight is 315 g/mol. The van der Waals surface area contributed by atoms with Crippen molar-refractivity contribution in [1.82, 2.24) is 10.6 Å². The molecule has 1 fully saturated rings. The van der Waals surface area contributed by atoms with E-state index >= 15 is 0 Å². The monoisotopic (exact) mass is 314 g/mol. The minimum Gasteiger partial charge on any atom is -0.497 e. The maximum Gasteiger partial charge on any atom is 0.237 e. The molecular formula is C15H23ClN2O3. The van der Waals surface area contributed by atoms with Crippen molar-refractivity contribution in [1.29, 1.82) is 0 Å². The molecule has 1 saturated heterocycles. The van der Waals surface area contributed by atoms with Gasteiger partial charge in [0.15, 0.2) is 0 Å². The van der Waals surface area contributed by atoms with Gasteiger partial charge in [-0.1, -0.05) is 0 Å². The second-order valence-electron chi connectivity index (χ2n) is 4.99. The first-order valence-electron chi connectivity index (χ1n) is 6.91. The summed E-state index contributed by atoms with van der Waals surface area (Å²) in [6.45, 7) is 2.86. The topological polar surface area (TPSA) is 59.6 Å². The fourth-order valence-electron chi connectivity index (χ4n) is 2.48. The van der Waals surface area contributed by atoms with Crippen molar-refractivity contribution in [2.75, 3.05) is 20.8 Å². The molecule has 0 spiro atoms. The predicted octanol–water partition coefficient (Wildman–Crippen LogP) is 2.05. The van der Waals surface area contributed by atoms with E-state index in [9.17, 15) is 4.79 Å². The molecule has 1 amide bonds. The van der Waals surface area contributed by atoms with Crippen molar-refractivity contribution in [3.63, 3.8) is 0 Å². The molecule has 0 aromatic heterocycles. The number of amides is 1. The Balaban J connectivity index is 0.00000220. The molecule has 2 N–H and O–H groups in total. The van der Waals surface area contributed by atoms with Crippen LogP contribution in [0.25, 0.3) is 0 Å². The van der Waals surface area contributed by atoms with Crippen LogP contribution in [0.4, 0.5) is 0 Å². The van der Waals surface area contributed by atoms with Gasteiger partial charge in [-0.05, 0) is 44.5 Å². The van der Waals surface area contributed by atoms with Gasteiger partial charge >= 0.3 is 0 Å². The number of rotatable bonds is 5. The smallest absolute Gasteiger partial charge is 0.237 e.